The summed E-state index contributed by atoms with van der Waals surface area (Å²) in [6.45, 7) is 1.72. The lowest BCUT2D eigenvalue weighted by atomic mass is 9.95. The fourth-order valence-corrected chi connectivity index (χ4v) is 3.82. The Morgan fingerprint density at radius 2 is 1.72 bits per heavy atom. The number of allylic oxidation sites excluding steroid dienone is 1. The summed E-state index contributed by atoms with van der Waals surface area (Å²) in [6, 6.07) is 15.9. The molecular formula is C23H24N2O4. The van der Waals surface area contributed by atoms with Gasteiger partial charge in [0.15, 0.2) is 0 Å². The summed E-state index contributed by atoms with van der Waals surface area (Å²) in [6.07, 6.45) is 3.89. The summed E-state index contributed by atoms with van der Waals surface area (Å²) in [7, 11) is 0. The highest BCUT2D eigenvalue weighted by molar-refractivity contribution is 5.95. The zero-order valence-electron chi connectivity index (χ0n) is 16.3. The summed E-state index contributed by atoms with van der Waals surface area (Å²) in [5.41, 5.74) is 1.69. The van der Waals surface area contributed by atoms with E-state index in [9.17, 15) is 9.59 Å². The van der Waals surface area contributed by atoms with Crippen LogP contribution in [0.2, 0.25) is 0 Å². The van der Waals surface area contributed by atoms with E-state index < -0.39 is 6.04 Å². The molecule has 2 aliphatic rings. The van der Waals surface area contributed by atoms with Crippen LogP contribution in [0, 0.1) is 0 Å². The summed E-state index contributed by atoms with van der Waals surface area (Å²) in [5, 5.41) is 5.53. The highest BCUT2D eigenvalue weighted by Crippen LogP contribution is 2.32. The van der Waals surface area contributed by atoms with Gasteiger partial charge in [-0.3, -0.25) is 0 Å². The molecule has 4 rings (SSSR count). The van der Waals surface area contributed by atoms with Crippen molar-refractivity contribution >= 4 is 12.0 Å². The minimum atomic E-state index is -0.600. The Bertz CT molecular complexity index is 933. The van der Waals surface area contributed by atoms with E-state index in [0.717, 1.165) is 31.2 Å². The molecule has 0 saturated heterocycles. The van der Waals surface area contributed by atoms with Crippen LogP contribution in [0.15, 0.2) is 65.9 Å². The molecule has 2 aromatic carbocycles. The molecule has 29 heavy (non-hydrogen) atoms. The van der Waals surface area contributed by atoms with Gasteiger partial charge in [0.05, 0.1) is 11.6 Å². The molecule has 2 amide bonds. The normalized spacial score (nSPS) is 19.5. The van der Waals surface area contributed by atoms with Crippen molar-refractivity contribution in [1.29, 1.82) is 0 Å². The lowest BCUT2D eigenvalue weighted by Crippen LogP contribution is -2.45. The Morgan fingerprint density at radius 3 is 2.48 bits per heavy atom. The van der Waals surface area contributed by atoms with Crippen LogP contribution in [0.3, 0.4) is 0 Å². The number of nitrogens with one attached hydrogen (secondary N) is 2. The van der Waals surface area contributed by atoms with Crippen LogP contribution >= 0.6 is 0 Å². The number of amides is 2. The van der Waals surface area contributed by atoms with Gasteiger partial charge in [0.2, 0.25) is 0 Å². The molecule has 1 heterocycles. The molecule has 1 aliphatic heterocycles. The third-order valence-electron chi connectivity index (χ3n) is 5.24. The number of hydrogen-bond donors (Lipinski definition) is 2. The lowest BCUT2D eigenvalue weighted by molar-refractivity contribution is -0.144. The summed E-state index contributed by atoms with van der Waals surface area (Å²) in [5.74, 6) is 0.954. The highest BCUT2D eigenvalue weighted by Gasteiger charge is 2.34. The van der Waals surface area contributed by atoms with Crippen molar-refractivity contribution in [3.8, 4) is 11.5 Å². The first-order chi connectivity index (χ1) is 14.1. The van der Waals surface area contributed by atoms with E-state index >= 15 is 0 Å². The second kappa shape index (κ2) is 8.39. The average molecular weight is 392 g/mol. The number of esters is 1. The van der Waals surface area contributed by atoms with Crippen molar-refractivity contribution in [2.45, 2.75) is 44.8 Å². The number of hydrogen-bond acceptors (Lipinski definition) is 4. The zero-order chi connectivity index (χ0) is 20.2. The molecule has 150 valence electrons. The number of urea groups is 1. The molecule has 1 atom stereocenters. The van der Waals surface area contributed by atoms with Gasteiger partial charge in [-0.15, -0.1) is 0 Å². The molecule has 2 aromatic rings. The topological polar surface area (TPSA) is 76.7 Å². The first-order valence-corrected chi connectivity index (χ1v) is 9.92. The summed E-state index contributed by atoms with van der Waals surface area (Å²) < 4.78 is 11.6. The van der Waals surface area contributed by atoms with Gasteiger partial charge in [0.1, 0.15) is 17.6 Å². The Hall–Kier alpha value is -3.28. The zero-order valence-corrected chi connectivity index (χ0v) is 16.3. The van der Waals surface area contributed by atoms with Crippen molar-refractivity contribution in [1.82, 2.24) is 10.6 Å². The smallest absolute Gasteiger partial charge is 0.338 e. The predicted octanol–water partition coefficient (Wildman–Crippen LogP) is 4.59. The van der Waals surface area contributed by atoms with E-state index in [1.165, 1.54) is 0 Å². The van der Waals surface area contributed by atoms with Gasteiger partial charge in [-0.25, -0.2) is 9.59 Å². The fourth-order valence-electron chi connectivity index (χ4n) is 3.82. The first-order valence-electron chi connectivity index (χ1n) is 9.92. The van der Waals surface area contributed by atoms with E-state index in [-0.39, 0.29) is 18.1 Å². The molecule has 0 aromatic heterocycles. The van der Waals surface area contributed by atoms with Crippen LogP contribution in [0.4, 0.5) is 4.79 Å². The third-order valence-corrected chi connectivity index (χ3v) is 5.24. The van der Waals surface area contributed by atoms with E-state index in [1.807, 2.05) is 54.6 Å². The quantitative estimate of drug-likeness (QED) is 0.730. The van der Waals surface area contributed by atoms with E-state index in [2.05, 4.69) is 10.6 Å². The number of carbonyl (C=O) groups excluding carboxylic acids is 2. The van der Waals surface area contributed by atoms with Crippen molar-refractivity contribution < 1.29 is 19.1 Å². The van der Waals surface area contributed by atoms with Crippen LogP contribution in [0.5, 0.6) is 11.5 Å². The SMILES string of the molecule is CC1=C(C(=O)OC2CCCC2)[C@@H](c2cccc(Oc3ccccc3)c2)NC(=O)N1. The van der Waals surface area contributed by atoms with Gasteiger partial charge < -0.3 is 20.1 Å². The lowest BCUT2D eigenvalue weighted by Gasteiger charge is -2.29. The predicted molar refractivity (Wildman–Crippen MR) is 108 cm³/mol. The molecule has 0 radical (unpaired) electrons. The molecule has 0 bridgehead atoms. The maximum Gasteiger partial charge on any atom is 0.338 e. The van der Waals surface area contributed by atoms with Crippen molar-refractivity contribution in [3.63, 3.8) is 0 Å². The van der Waals surface area contributed by atoms with Crippen LogP contribution in [-0.4, -0.2) is 18.1 Å². The van der Waals surface area contributed by atoms with Gasteiger partial charge in [0, 0.05) is 5.70 Å². The van der Waals surface area contributed by atoms with Crippen LogP contribution < -0.4 is 15.4 Å². The number of para-hydroxylation sites is 1. The first kappa shape index (κ1) is 19.1. The fraction of sp³-hybridized carbons (Fsp3) is 0.304. The molecule has 1 fully saturated rings. The standard InChI is InChI=1S/C23H24N2O4/c1-15-20(22(26)29-18-11-5-6-12-18)21(25-23(27)24-15)16-8-7-13-19(14-16)28-17-9-3-2-4-10-17/h2-4,7-10,13-14,18,21H,5-6,11-12H2,1H3,(H2,24,25,27)/t21-/m1/s1. The maximum atomic E-state index is 12.9. The second-order valence-electron chi connectivity index (χ2n) is 7.37. The van der Waals surface area contributed by atoms with Gasteiger partial charge >= 0.3 is 12.0 Å². The van der Waals surface area contributed by atoms with Crippen LogP contribution in [0.1, 0.15) is 44.2 Å². The number of carbonyl (C=O) groups is 2. The number of benzene rings is 2. The van der Waals surface area contributed by atoms with Crippen molar-refractivity contribution in [2.24, 2.45) is 0 Å². The molecule has 0 spiro atoms. The Labute approximate surface area is 169 Å². The summed E-state index contributed by atoms with van der Waals surface area (Å²) >= 11 is 0. The Morgan fingerprint density at radius 1 is 1.00 bits per heavy atom. The minimum absolute atomic E-state index is 0.0474. The molecular weight excluding hydrogens is 368 g/mol. The Kier molecular flexibility index (Phi) is 5.51. The Balaban J connectivity index is 1.60. The van der Waals surface area contributed by atoms with Gasteiger partial charge in [0.25, 0.3) is 0 Å². The minimum Gasteiger partial charge on any atom is -0.459 e. The maximum absolute atomic E-state index is 12.9. The van der Waals surface area contributed by atoms with Gasteiger partial charge in [-0.05, 0) is 62.4 Å². The van der Waals surface area contributed by atoms with Crippen molar-refractivity contribution in [2.75, 3.05) is 0 Å². The highest BCUT2D eigenvalue weighted by atomic mass is 16.5. The second-order valence-corrected chi connectivity index (χ2v) is 7.37. The van der Waals surface area contributed by atoms with Crippen LogP contribution in [-0.2, 0) is 9.53 Å². The molecule has 6 nitrogen and oxygen atoms in total. The van der Waals surface area contributed by atoms with Crippen LogP contribution in [0.25, 0.3) is 0 Å². The van der Waals surface area contributed by atoms with Gasteiger partial charge in [-0.2, -0.15) is 0 Å². The van der Waals surface area contributed by atoms with Crippen molar-refractivity contribution in [3.05, 3.63) is 71.4 Å². The van der Waals surface area contributed by atoms with Gasteiger partial charge in [-0.1, -0.05) is 30.3 Å². The molecule has 0 unspecified atom stereocenters. The van der Waals surface area contributed by atoms with E-state index in [1.54, 1.807) is 6.92 Å². The molecule has 1 aliphatic carbocycles. The third kappa shape index (κ3) is 4.42. The average Bonchev–Trinajstić information content (AvgIpc) is 3.21. The summed E-state index contributed by atoms with van der Waals surface area (Å²) in [4.78, 5) is 25.0. The number of ether oxygens (including phenoxy) is 2. The molecule has 2 N–H and O–H groups in total. The monoisotopic (exact) mass is 392 g/mol. The molecule has 1 saturated carbocycles. The largest absolute Gasteiger partial charge is 0.459 e. The van der Waals surface area contributed by atoms with E-state index in [4.69, 9.17) is 9.47 Å². The number of rotatable bonds is 5. The molecule has 6 heteroatoms. The van der Waals surface area contributed by atoms with E-state index in [0.29, 0.717) is 22.8 Å².